The van der Waals surface area contributed by atoms with Gasteiger partial charge in [0, 0.05) is 30.3 Å². The van der Waals surface area contributed by atoms with Gasteiger partial charge in [0.1, 0.15) is 0 Å². The van der Waals surface area contributed by atoms with Gasteiger partial charge in [-0.1, -0.05) is 0 Å². The van der Waals surface area contributed by atoms with Crippen molar-refractivity contribution in [1.82, 2.24) is 9.38 Å². The third kappa shape index (κ3) is 2.43. The molecule has 0 spiro atoms. The highest BCUT2D eigenvalue weighted by Gasteiger charge is 2.34. The molecule has 0 radical (unpaired) electrons. The number of anilines is 2. The first-order chi connectivity index (χ1) is 12.3. The fourth-order valence-corrected chi connectivity index (χ4v) is 4.19. The van der Waals surface area contributed by atoms with Gasteiger partial charge in [-0.15, -0.1) is 0 Å². The van der Waals surface area contributed by atoms with E-state index in [0.717, 1.165) is 23.7 Å². The fourth-order valence-electron chi connectivity index (χ4n) is 4.19. The lowest BCUT2D eigenvalue weighted by atomic mass is 10.0. The van der Waals surface area contributed by atoms with Gasteiger partial charge in [-0.2, -0.15) is 0 Å². The molecule has 0 bridgehead atoms. The first kappa shape index (κ1) is 17.1. The van der Waals surface area contributed by atoms with Crippen LogP contribution in [0.4, 0.5) is 15.9 Å². The summed E-state index contributed by atoms with van der Waals surface area (Å²) in [5.41, 5.74) is 12.9. The van der Waals surface area contributed by atoms with Gasteiger partial charge in [0.25, 0.3) is 5.56 Å². The van der Waals surface area contributed by atoms with Gasteiger partial charge in [-0.25, -0.2) is 13.6 Å². The first-order valence-corrected chi connectivity index (χ1v) is 9.08. The maximum absolute atomic E-state index is 15.2. The minimum absolute atomic E-state index is 0.0219. The summed E-state index contributed by atoms with van der Waals surface area (Å²) in [6.45, 7) is 5.02. The zero-order chi connectivity index (χ0) is 18.7. The van der Waals surface area contributed by atoms with Crippen LogP contribution in [-0.2, 0) is 0 Å². The van der Waals surface area contributed by atoms with Gasteiger partial charge in [-0.05, 0) is 44.9 Å². The number of nitrogens with zero attached hydrogens (tertiary/aromatic N) is 2. The number of H-pyrrole nitrogens is 1. The van der Waals surface area contributed by atoms with Gasteiger partial charge < -0.3 is 16.4 Å². The van der Waals surface area contributed by atoms with Crippen LogP contribution in [0, 0.1) is 18.7 Å². The Kier molecular flexibility index (Phi) is 3.83. The summed E-state index contributed by atoms with van der Waals surface area (Å²) in [6.07, 6.45) is 2.65. The van der Waals surface area contributed by atoms with Crippen molar-refractivity contribution in [3.8, 4) is 0 Å². The van der Waals surface area contributed by atoms with Gasteiger partial charge in [0.2, 0.25) is 0 Å². The number of nitrogen functional groups attached to an aromatic ring is 1. The number of rotatable bonds is 3. The van der Waals surface area contributed by atoms with Crippen molar-refractivity contribution in [2.45, 2.75) is 45.1 Å². The Morgan fingerprint density at radius 2 is 1.96 bits per heavy atom. The van der Waals surface area contributed by atoms with Gasteiger partial charge in [0.15, 0.2) is 11.6 Å². The molecule has 1 saturated heterocycles. The van der Waals surface area contributed by atoms with Crippen LogP contribution in [0.1, 0.15) is 43.2 Å². The molecule has 2 aromatic heterocycles. The van der Waals surface area contributed by atoms with Gasteiger partial charge >= 0.3 is 5.69 Å². The number of halogens is 1. The predicted molar refractivity (Wildman–Crippen MR) is 99.3 cm³/mol. The van der Waals surface area contributed by atoms with Crippen molar-refractivity contribution in [2.75, 3.05) is 23.7 Å². The third-order valence-corrected chi connectivity index (χ3v) is 5.80. The summed E-state index contributed by atoms with van der Waals surface area (Å²) >= 11 is 0. The van der Waals surface area contributed by atoms with E-state index in [9.17, 15) is 9.59 Å². The predicted octanol–water partition coefficient (Wildman–Crippen LogP) is 1.07. The maximum atomic E-state index is 15.2. The Morgan fingerprint density at radius 1 is 1.27 bits per heavy atom. The Labute approximate surface area is 149 Å². The van der Waals surface area contributed by atoms with Crippen LogP contribution in [0.2, 0.25) is 0 Å². The van der Waals surface area contributed by atoms with Gasteiger partial charge in [0.05, 0.1) is 11.2 Å². The summed E-state index contributed by atoms with van der Waals surface area (Å²) in [6, 6.07) is 0.0219. The number of nitrogens with one attached hydrogen (secondary N) is 1. The number of aromatic amines is 1. The van der Waals surface area contributed by atoms with Crippen LogP contribution in [0.5, 0.6) is 0 Å². The molecular weight excluding hydrogens is 337 g/mol. The van der Waals surface area contributed by atoms with Gasteiger partial charge in [-0.3, -0.25) is 9.78 Å². The van der Waals surface area contributed by atoms with Crippen molar-refractivity contribution < 1.29 is 4.39 Å². The SMILES string of the molecule is Cc1c(N2CCC(C(C)N)C2)c(F)c(N)n2c(=O)[nH]c(=O)c(C3CC3)c12. The summed E-state index contributed by atoms with van der Waals surface area (Å²) in [4.78, 5) is 29.0. The fraction of sp³-hybridized carbons (Fsp3) is 0.556. The second kappa shape index (κ2) is 5.84. The van der Waals surface area contributed by atoms with Crippen LogP contribution in [0.15, 0.2) is 9.59 Å². The number of pyridine rings is 1. The highest BCUT2D eigenvalue weighted by Crippen LogP contribution is 2.43. The highest BCUT2D eigenvalue weighted by atomic mass is 19.1. The van der Waals surface area contributed by atoms with E-state index in [1.807, 2.05) is 11.8 Å². The molecule has 2 unspecified atom stereocenters. The Hall–Kier alpha value is -2.35. The van der Waals surface area contributed by atoms with Crippen molar-refractivity contribution in [1.29, 1.82) is 0 Å². The molecule has 1 aliphatic heterocycles. The van der Waals surface area contributed by atoms with Crippen LogP contribution < -0.4 is 27.6 Å². The molecule has 3 heterocycles. The maximum Gasteiger partial charge on any atom is 0.334 e. The topological polar surface area (TPSA) is 110 Å². The average Bonchev–Trinajstić information content (AvgIpc) is 3.28. The molecule has 2 aromatic rings. The molecule has 2 aliphatic rings. The molecule has 1 saturated carbocycles. The zero-order valence-corrected chi connectivity index (χ0v) is 15.0. The molecule has 0 amide bonds. The molecule has 1 aliphatic carbocycles. The number of aromatic nitrogens is 2. The normalized spacial score (nSPS) is 21.5. The number of nitrogens with two attached hydrogens (primary N) is 2. The summed E-state index contributed by atoms with van der Waals surface area (Å²) in [5.74, 6) is -0.499. The van der Waals surface area contributed by atoms with Crippen molar-refractivity contribution in [3.63, 3.8) is 0 Å². The second-order valence-corrected chi connectivity index (χ2v) is 7.66. The smallest absolute Gasteiger partial charge is 0.334 e. The number of hydrogen-bond acceptors (Lipinski definition) is 5. The van der Waals surface area contributed by atoms with Crippen LogP contribution in [0.3, 0.4) is 0 Å². The Morgan fingerprint density at radius 3 is 2.54 bits per heavy atom. The summed E-state index contributed by atoms with van der Waals surface area (Å²) in [5, 5.41) is 0. The van der Waals surface area contributed by atoms with Crippen molar-refractivity contribution in [2.24, 2.45) is 11.7 Å². The third-order valence-electron chi connectivity index (χ3n) is 5.80. The largest absolute Gasteiger partial charge is 0.382 e. The van der Waals surface area contributed by atoms with E-state index in [2.05, 4.69) is 4.98 Å². The summed E-state index contributed by atoms with van der Waals surface area (Å²) in [7, 11) is 0. The standard InChI is InChI=1S/C18H24FN5O2/c1-8-14-12(10-3-4-10)17(25)22-18(26)24(14)16(21)13(19)15(8)23-6-5-11(7-23)9(2)20/h9-11H,3-7,20-21H2,1-2H3,(H,22,25,26). The minimum Gasteiger partial charge on any atom is -0.382 e. The number of fused-ring (bicyclic) bond motifs is 1. The van der Waals surface area contributed by atoms with E-state index in [4.69, 9.17) is 11.5 Å². The molecule has 140 valence electrons. The van der Waals surface area contributed by atoms with E-state index in [-0.39, 0.29) is 23.7 Å². The van der Waals surface area contributed by atoms with Crippen molar-refractivity contribution in [3.05, 3.63) is 37.8 Å². The number of hydrogen-bond donors (Lipinski definition) is 3. The van der Waals surface area contributed by atoms with E-state index in [1.54, 1.807) is 6.92 Å². The molecule has 8 heteroatoms. The molecule has 2 fully saturated rings. The summed E-state index contributed by atoms with van der Waals surface area (Å²) < 4.78 is 16.3. The molecule has 0 aromatic carbocycles. The van der Waals surface area contributed by atoms with Crippen LogP contribution >= 0.6 is 0 Å². The first-order valence-electron chi connectivity index (χ1n) is 9.08. The van der Waals surface area contributed by atoms with Crippen LogP contribution in [-0.4, -0.2) is 28.5 Å². The molecule has 26 heavy (non-hydrogen) atoms. The van der Waals surface area contributed by atoms with E-state index >= 15 is 4.39 Å². The zero-order valence-electron chi connectivity index (χ0n) is 15.0. The van der Waals surface area contributed by atoms with Crippen molar-refractivity contribution >= 4 is 17.0 Å². The quantitative estimate of drug-likeness (QED) is 0.757. The van der Waals surface area contributed by atoms with E-state index in [1.165, 1.54) is 0 Å². The second-order valence-electron chi connectivity index (χ2n) is 7.66. The van der Waals surface area contributed by atoms with E-state index in [0.29, 0.717) is 35.4 Å². The van der Waals surface area contributed by atoms with Crippen LogP contribution in [0.25, 0.3) is 5.52 Å². The number of aryl methyl sites for hydroxylation is 1. The highest BCUT2D eigenvalue weighted by molar-refractivity contribution is 5.76. The monoisotopic (exact) mass is 361 g/mol. The molecule has 4 rings (SSSR count). The average molecular weight is 361 g/mol. The lowest BCUT2D eigenvalue weighted by molar-refractivity contribution is 0.487. The lowest BCUT2D eigenvalue weighted by Gasteiger charge is -2.25. The Bertz CT molecular complexity index is 1010. The molecule has 7 nitrogen and oxygen atoms in total. The molecular formula is C18H24FN5O2. The molecule has 2 atom stereocenters. The lowest BCUT2D eigenvalue weighted by Crippen LogP contribution is -2.33. The molecule has 5 N–H and O–H groups in total. The van der Waals surface area contributed by atoms with E-state index < -0.39 is 17.1 Å². The minimum atomic E-state index is -0.699. The Balaban J connectivity index is 2.00.